The summed E-state index contributed by atoms with van der Waals surface area (Å²) in [5, 5.41) is 0. The first kappa shape index (κ1) is 34.1. The van der Waals surface area contributed by atoms with Gasteiger partial charge in [0.05, 0.1) is 0 Å². The zero-order valence-electron chi connectivity index (χ0n) is 17.7. The molecule has 1 aromatic carbocycles. The third-order valence-electron chi connectivity index (χ3n) is 2.26. The van der Waals surface area contributed by atoms with Crippen molar-refractivity contribution in [3.63, 3.8) is 0 Å². The molecule has 0 aromatic heterocycles. The quantitative estimate of drug-likeness (QED) is 0.437. The van der Waals surface area contributed by atoms with Crippen molar-refractivity contribution in [1.29, 1.82) is 0 Å². The number of allylic oxidation sites excluding steroid dienone is 2. The van der Waals surface area contributed by atoms with Crippen LogP contribution in [0.2, 0.25) is 0 Å². The van der Waals surface area contributed by atoms with Gasteiger partial charge in [-0.05, 0) is 44.7 Å². The van der Waals surface area contributed by atoms with Gasteiger partial charge in [0.1, 0.15) is 5.78 Å². The van der Waals surface area contributed by atoms with Gasteiger partial charge in [-0.3, -0.25) is 0 Å². The molecule has 0 atom stereocenters. The van der Waals surface area contributed by atoms with E-state index in [2.05, 4.69) is 37.3 Å². The number of carbonyl (C=O) groups excluding carboxylic acids is 1. The predicted octanol–water partition coefficient (Wildman–Crippen LogP) is 8.07. The highest BCUT2D eigenvalue weighted by Gasteiger charge is 2.05. The Labute approximate surface area is 154 Å². The minimum atomic E-state index is 0. The average Bonchev–Trinajstić information content (AvgIpc) is 2.61. The number of hydrogen-bond donors (Lipinski definition) is 0. The Morgan fingerprint density at radius 3 is 1.50 bits per heavy atom. The number of carbonyl (C=O) groups is 1. The molecule has 1 heteroatoms. The molecule has 0 spiro atoms. The summed E-state index contributed by atoms with van der Waals surface area (Å²) < 4.78 is 0. The zero-order valence-corrected chi connectivity index (χ0v) is 17.7. The van der Waals surface area contributed by atoms with Crippen LogP contribution in [0.5, 0.6) is 0 Å². The highest BCUT2D eigenvalue weighted by molar-refractivity contribution is 5.72. The number of rotatable bonds is 0. The van der Waals surface area contributed by atoms with Gasteiger partial charge in [-0.15, -0.1) is 0 Å². The van der Waals surface area contributed by atoms with Gasteiger partial charge in [0, 0.05) is 0 Å². The van der Waals surface area contributed by atoms with Gasteiger partial charge in [-0.25, -0.2) is 0 Å². The fourth-order valence-electron chi connectivity index (χ4n) is 1.59. The van der Waals surface area contributed by atoms with E-state index in [1.54, 1.807) is 0 Å². The van der Waals surface area contributed by atoms with Gasteiger partial charge in [0.25, 0.3) is 0 Å². The van der Waals surface area contributed by atoms with Crippen LogP contribution < -0.4 is 0 Å². The maximum atomic E-state index is 9.44. The summed E-state index contributed by atoms with van der Waals surface area (Å²) in [7, 11) is 0. The van der Waals surface area contributed by atoms with Gasteiger partial charge in [-0.1, -0.05) is 98.7 Å². The van der Waals surface area contributed by atoms with E-state index in [0.717, 1.165) is 12.8 Å². The van der Waals surface area contributed by atoms with Crippen molar-refractivity contribution in [3.05, 3.63) is 47.0 Å². The van der Waals surface area contributed by atoms with Crippen LogP contribution in [0.4, 0.5) is 0 Å². The Bertz CT molecular complexity index is 371. The fourth-order valence-corrected chi connectivity index (χ4v) is 1.59. The molecule has 0 bridgehead atoms. The van der Waals surface area contributed by atoms with Gasteiger partial charge in [0.15, 0.2) is 0 Å². The van der Waals surface area contributed by atoms with E-state index in [9.17, 15) is 4.79 Å². The summed E-state index contributed by atoms with van der Waals surface area (Å²) in [6, 6.07) is 8.69. The average molecular weight is 339 g/mol. The molecule has 0 radical (unpaired) electrons. The molecule has 144 valence electrons. The maximum absolute atomic E-state index is 9.44. The molecule has 24 heavy (non-hydrogen) atoms. The van der Waals surface area contributed by atoms with Crippen LogP contribution in [0.1, 0.15) is 94.7 Å². The van der Waals surface area contributed by atoms with E-state index in [4.69, 9.17) is 0 Å². The Kier molecular flexibility index (Phi) is 42.0. The normalized spacial score (nSPS) is 9.21. The molecular weight excluding hydrogens is 292 g/mol. The zero-order chi connectivity index (χ0) is 19.3. The Morgan fingerprint density at radius 2 is 1.12 bits per heavy atom. The lowest BCUT2D eigenvalue weighted by Gasteiger charge is -2.13. The molecule has 0 amide bonds. The number of hydrogen-bond acceptors (Lipinski definition) is 1. The van der Waals surface area contributed by atoms with Crippen LogP contribution in [-0.2, 0) is 17.6 Å². The Balaban J connectivity index is -0.0000000795. The van der Waals surface area contributed by atoms with E-state index < -0.39 is 0 Å². The molecule has 1 aromatic rings. The van der Waals surface area contributed by atoms with Gasteiger partial charge in [-0.2, -0.15) is 0 Å². The smallest absolute Gasteiger partial charge is 0.126 e. The lowest BCUT2D eigenvalue weighted by Crippen LogP contribution is -1.99. The molecule has 0 heterocycles. The largest absolute Gasteiger partial charge is 0.300 e. The molecule has 0 aliphatic heterocycles. The molecule has 0 saturated carbocycles. The Hall–Kier alpha value is -1.37. The van der Waals surface area contributed by atoms with Crippen molar-refractivity contribution in [2.24, 2.45) is 0 Å². The van der Waals surface area contributed by atoms with Crippen molar-refractivity contribution in [2.45, 2.75) is 96.4 Å². The van der Waals surface area contributed by atoms with Crippen molar-refractivity contribution in [3.8, 4) is 0 Å². The molecule has 1 aliphatic carbocycles. The maximum Gasteiger partial charge on any atom is 0.126 e. The van der Waals surface area contributed by atoms with Crippen molar-refractivity contribution >= 4 is 5.78 Å². The van der Waals surface area contributed by atoms with E-state index in [0.29, 0.717) is 0 Å². The summed E-state index contributed by atoms with van der Waals surface area (Å²) in [5.41, 5.74) is 4.51. The first-order chi connectivity index (χ1) is 11.1. The summed E-state index contributed by atoms with van der Waals surface area (Å²) >= 11 is 0. The van der Waals surface area contributed by atoms with Crippen molar-refractivity contribution < 1.29 is 4.79 Å². The molecule has 0 unspecified atom stereocenters. The topological polar surface area (TPSA) is 17.1 Å². The lowest BCUT2D eigenvalue weighted by molar-refractivity contribution is -0.114. The van der Waals surface area contributed by atoms with Crippen LogP contribution in [0, 0.1) is 0 Å². The van der Waals surface area contributed by atoms with E-state index in [1.807, 2.05) is 55.4 Å². The fraction of sp³-hybridized carbons (Fsp3) is 0.609. The molecule has 2 rings (SSSR count). The van der Waals surface area contributed by atoms with Crippen molar-refractivity contribution in [2.75, 3.05) is 0 Å². The lowest BCUT2D eigenvalue weighted by atomic mass is 9.93. The minimum Gasteiger partial charge on any atom is -0.300 e. The number of fused-ring (bicyclic) bond motifs is 1. The summed E-state index contributed by atoms with van der Waals surface area (Å²) in [5.74, 6) is 0.167. The van der Waals surface area contributed by atoms with Crippen LogP contribution in [0.15, 0.2) is 35.9 Å². The molecule has 0 N–H and O–H groups in total. The SMILES string of the molecule is C.CC.CC.CC.CC.CC(C)=O.CC1=CCc2ccccc2C1. The number of benzene rings is 1. The molecule has 1 aliphatic rings. The first-order valence-electron chi connectivity index (χ1n) is 9.29. The van der Waals surface area contributed by atoms with E-state index in [1.165, 1.54) is 30.5 Å². The molecule has 1 nitrogen and oxygen atoms in total. The minimum absolute atomic E-state index is 0. The number of ketones is 1. The van der Waals surface area contributed by atoms with Crippen LogP contribution >= 0.6 is 0 Å². The Morgan fingerprint density at radius 1 is 0.792 bits per heavy atom. The summed E-state index contributed by atoms with van der Waals surface area (Å²) in [6.45, 7) is 21.3. The van der Waals surface area contributed by atoms with Gasteiger partial charge < -0.3 is 4.79 Å². The van der Waals surface area contributed by atoms with E-state index in [-0.39, 0.29) is 13.2 Å². The second-order valence-electron chi connectivity index (χ2n) is 4.11. The van der Waals surface area contributed by atoms with Crippen LogP contribution in [0.25, 0.3) is 0 Å². The highest BCUT2D eigenvalue weighted by Crippen LogP contribution is 2.19. The highest BCUT2D eigenvalue weighted by atomic mass is 16.1. The standard InChI is InChI=1S/C11H12.C3H6O.4C2H6.CH4/c1-9-6-7-10-4-2-3-5-11(10)8-9;1-3(2)4;4*1-2;/h2-6H,7-8H2,1H3;1-2H3;4*1-2H3;1H4. The van der Waals surface area contributed by atoms with Gasteiger partial charge >= 0.3 is 0 Å². The van der Waals surface area contributed by atoms with Crippen LogP contribution in [-0.4, -0.2) is 5.78 Å². The second-order valence-corrected chi connectivity index (χ2v) is 4.11. The third-order valence-corrected chi connectivity index (χ3v) is 2.26. The molecule has 0 fully saturated rings. The van der Waals surface area contributed by atoms with Gasteiger partial charge in [0.2, 0.25) is 0 Å². The summed E-state index contributed by atoms with van der Waals surface area (Å²) in [4.78, 5) is 9.44. The third kappa shape index (κ3) is 22.9. The van der Waals surface area contributed by atoms with Crippen LogP contribution in [0.3, 0.4) is 0 Å². The monoisotopic (exact) mass is 338 g/mol. The van der Waals surface area contributed by atoms with Crippen molar-refractivity contribution in [1.82, 2.24) is 0 Å². The second kappa shape index (κ2) is 29.6. The number of Topliss-reactive ketones (excluding diaryl/α,β-unsaturated/α-hetero) is 1. The van der Waals surface area contributed by atoms with E-state index >= 15 is 0 Å². The predicted molar refractivity (Wildman–Crippen MR) is 116 cm³/mol. The molecule has 0 saturated heterocycles. The first-order valence-corrected chi connectivity index (χ1v) is 9.29. The summed E-state index contributed by atoms with van der Waals surface area (Å²) in [6.07, 6.45) is 4.60. The molecular formula is C23H46O.